The first-order chi connectivity index (χ1) is 17.5. The Kier molecular flexibility index (Phi) is 6.90. The van der Waals surface area contributed by atoms with E-state index >= 15 is 0 Å². The molecule has 0 spiro atoms. The summed E-state index contributed by atoms with van der Waals surface area (Å²) >= 11 is 0. The molecule has 2 amide bonds. The minimum atomic E-state index is -0.625. The summed E-state index contributed by atoms with van der Waals surface area (Å²) in [5.74, 6) is 1.18. The minimum Gasteiger partial charge on any atom is -0.485 e. The minimum absolute atomic E-state index is 0.0428. The molecule has 0 aliphatic carbocycles. The van der Waals surface area contributed by atoms with Gasteiger partial charge in [-0.3, -0.25) is 14.5 Å². The summed E-state index contributed by atoms with van der Waals surface area (Å²) in [5.41, 5.74) is 3.40. The molecule has 2 aliphatic rings. The van der Waals surface area contributed by atoms with Crippen LogP contribution in [0.2, 0.25) is 0 Å². The average Bonchev–Trinajstić information content (AvgIpc) is 3.20. The zero-order valence-corrected chi connectivity index (χ0v) is 20.6. The molecule has 1 atom stereocenters. The van der Waals surface area contributed by atoms with Gasteiger partial charge in [-0.15, -0.1) is 0 Å². The highest BCUT2D eigenvalue weighted by Gasteiger charge is 2.32. The number of amides is 2. The van der Waals surface area contributed by atoms with Crippen LogP contribution in [-0.2, 0) is 9.59 Å². The van der Waals surface area contributed by atoms with Crippen molar-refractivity contribution >= 4 is 17.5 Å². The first kappa shape index (κ1) is 23.9. The molecule has 0 bridgehead atoms. The SMILES string of the molecule is Cc1nn(-c2ccccc2)c(C)c1NC(=O)CCN1CCN(C(=O)C2COc3ccccc3O2)CC1. The van der Waals surface area contributed by atoms with Gasteiger partial charge in [-0.2, -0.15) is 5.10 Å². The van der Waals surface area contributed by atoms with Gasteiger partial charge in [-0.25, -0.2) is 4.68 Å². The first-order valence-corrected chi connectivity index (χ1v) is 12.3. The van der Waals surface area contributed by atoms with Crippen LogP contribution in [-0.4, -0.2) is 76.8 Å². The predicted octanol–water partition coefficient (Wildman–Crippen LogP) is 2.80. The topological polar surface area (TPSA) is 88.9 Å². The average molecular weight is 490 g/mol. The summed E-state index contributed by atoms with van der Waals surface area (Å²) in [4.78, 5) is 29.7. The van der Waals surface area contributed by atoms with Crippen LogP contribution < -0.4 is 14.8 Å². The largest absolute Gasteiger partial charge is 0.485 e. The van der Waals surface area contributed by atoms with Crippen LogP contribution in [0.15, 0.2) is 54.6 Å². The van der Waals surface area contributed by atoms with Gasteiger partial charge < -0.3 is 19.7 Å². The van der Waals surface area contributed by atoms with Crippen molar-refractivity contribution in [3.63, 3.8) is 0 Å². The summed E-state index contributed by atoms with van der Waals surface area (Å²) in [6, 6.07) is 17.3. The van der Waals surface area contributed by atoms with Crippen molar-refractivity contribution in [3.8, 4) is 17.2 Å². The van der Waals surface area contributed by atoms with Crippen molar-refractivity contribution in [2.24, 2.45) is 0 Å². The van der Waals surface area contributed by atoms with Gasteiger partial charge in [-0.1, -0.05) is 30.3 Å². The van der Waals surface area contributed by atoms with E-state index in [0.29, 0.717) is 50.6 Å². The molecule has 2 aromatic carbocycles. The molecule has 0 saturated carbocycles. The zero-order chi connectivity index (χ0) is 25.1. The summed E-state index contributed by atoms with van der Waals surface area (Å²) in [5, 5.41) is 7.64. The fraction of sp³-hybridized carbons (Fsp3) is 0.370. The van der Waals surface area contributed by atoms with Gasteiger partial charge in [0.2, 0.25) is 12.0 Å². The standard InChI is InChI=1S/C27H31N5O4/c1-19-26(20(2)32(29-19)21-8-4-3-5-9-21)28-25(33)12-13-30-14-16-31(17-15-30)27(34)24-18-35-22-10-6-7-11-23(22)36-24/h3-11,24H,12-18H2,1-2H3,(H,28,33). The monoisotopic (exact) mass is 489 g/mol. The van der Waals surface area contributed by atoms with Crippen molar-refractivity contribution in [1.82, 2.24) is 19.6 Å². The van der Waals surface area contributed by atoms with Gasteiger partial charge in [0, 0.05) is 39.1 Å². The molecular weight excluding hydrogens is 458 g/mol. The third-order valence-corrected chi connectivity index (χ3v) is 6.68. The number of carbonyl (C=O) groups excluding carboxylic acids is 2. The number of piperazine rings is 1. The van der Waals surface area contributed by atoms with Gasteiger partial charge in [-0.05, 0) is 38.1 Å². The highest BCUT2D eigenvalue weighted by Crippen LogP contribution is 2.31. The third-order valence-electron chi connectivity index (χ3n) is 6.68. The molecule has 2 aliphatic heterocycles. The van der Waals surface area contributed by atoms with E-state index in [1.807, 2.05) is 78.0 Å². The van der Waals surface area contributed by atoms with Crippen molar-refractivity contribution in [2.75, 3.05) is 44.6 Å². The Bertz CT molecular complexity index is 1230. The molecule has 3 heterocycles. The van der Waals surface area contributed by atoms with E-state index in [1.165, 1.54) is 0 Å². The molecule has 1 N–H and O–H groups in total. The smallest absolute Gasteiger partial charge is 0.267 e. The molecular formula is C27H31N5O4. The second-order valence-electron chi connectivity index (χ2n) is 9.12. The molecule has 3 aromatic rings. The second-order valence-corrected chi connectivity index (χ2v) is 9.12. The molecule has 1 fully saturated rings. The molecule has 9 heteroatoms. The first-order valence-electron chi connectivity index (χ1n) is 12.3. The number of nitrogens with zero attached hydrogens (tertiary/aromatic N) is 4. The van der Waals surface area contributed by atoms with E-state index in [1.54, 1.807) is 0 Å². The van der Waals surface area contributed by atoms with Crippen LogP contribution >= 0.6 is 0 Å². The lowest BCUT2D eigenvalue weighted by Crippen LogP contribution is -2.54. The number of benzene rings is 2. The Hall–Kier alpha value is -3.85. The lowest BCUT2D eigenvalue weighted by Gasteiger charge is -2.37. The maximum absolute atomic E-state index is 12.9. The second kappa shape index (κ2) is 10.4. The molecule has 9 nitrogen and oxygen atoms in total. The number of aromatic nitrogens is 2. The van der Waals surface area contributed by atoms with Gasteiger partial charge in [0.15, 0.2) is 11.5 Å². The molecule has 5 rings (SSSR count). The summed E-state index contributed by atoms with van der Waals surface area (Å²) in [6.45, 7) is 7.34. The van der Waals surface area contributed by atoms with Crippen molar-refractivity contribution < 1.29 is 19.1 Å². The molecule has 0 radical (unpaired) electrons. The molecule has 1 saturated heterocycles. The number of hydrogen-bond acceptors (Lipinski definition) is 6. The lowest BCUT2D eigenvalue weighted by atomic mass is 10.2. The number of nitrogens with one attached hydrogen (secondary N) is 1. The van der Waals surface area contributed by atoms with Gasteiger partial charge >= 0.3 is 0 Å². The summed E-state index contributed by atoms with van der Waals surface area (Å²) < 4.78 is 13.4. The number of rotatable bonds is 6. The van der Waals surface area contributed by atoms with Crippen LogP contribution in [0.1, 0.15) is 17.8 Å². The van der Waals surface area contributed by atoms with Crippen molar-refractivity contribution in [3.05, 3.63) is 66.0 Å². The number of fused-ring (bicyclic) bond motifs is 1. The number of anilines is 1. The van der Waals surface area contributed by atoms with Crippen LogP contribution in [0.3, 0.4) is 0 Å². The quantitative estimate of drug-likeness (QED) is 0.573. The van der Waals surface area contributed by atoms with Gasteiger partial charge in [0.1, 0.15) is 6.61 Å². The molecule has 1 aromatic heterocycles. The normalized spacial score (nSPS) is 17.6. The molecule has 188 valence electrons. The summed E-state index contributed by atoms with van der Waals surface area (Å²) in [7, 11) is 0. The maximum atomic E-state index is 12.9. The van der Waals surface area contributed by atoms with E-state index < -0.39 is 6.10 Å². The van der Waals surface area contributed by atoms with Gasteiger partial charge in [0.05, 0.1) is 22.8 Å². The van der Waals surface area contributed by atoms with Crippen LogP contribution in [0, 0.1) is 13.8 Å². The van der Waals surface area contributed by atoms with E-state index in [4.69, 9.17) is 9.47 Å². The Balaban J connectivity index is 1.09. The fourth-order valence-corrected chi connectivity index (χ4v) is 4.64. The number of para-hydroxylation sites is 3. The van der Waals surface area contributed by atoms with E-state index in [9.17, 15) is 9.59 Å². The number of carbonyl (C=O) groups is 2. The highest BCUT2D eigenvalue weighted by atomic mass is 16.6. The maximum Gasteiger partial charge on any atom is 0.267 e. The van der Waals surface area contributed by atoms with Crippen LogP contribution in [0.4, 0.5) is 5.69 Å². The van der Waals surface area contributed by atoms with E-state index in [2.05, 4.69) is 15.3 Å². The Labute approximate surface area is 210 Å². The van der Waals surface area contributed by atoms with Crippen LogP contribution in [0.5, 0.6) is 11.5 Å². The Morgan fingerprint density at radius 2 is 1.67 bits per heavy atom. The number of aryl methyl sites for hydroxylation is 1. The molecule has 36 heavy (non-hydrogen) atoms. The summed E-state index contributed by atoms with van der Waals surface area (Å²) in [6.07, 6.45) is -0.250. The lowest BCUT2D eigenvalue weighted by molar-refractivity contribution is -0.143. The van der Waals surface area contributed by atoms with Gasteiger partial charge in [0.25, 0.3) is 5.91 Å². The van der Waals surface area contributed by atoms with E-state index in [0.717, 1.165) is 22.8 Å². The number of hydrogen-bond donors (Lipinski definition) is 1. The van der Waals surface area contributed by atoms with Crippen molar-refractivity contribution in [1.29, 1.82) is 0 Å². The molecule has 1 unspecified atom stereocenters. The fourth-order valence-electron chi connectivity index (χ4n) is 4.64. The van der Waals surface area contributed by atoms with E-state index in [-0.39, 0.29) is 18.4 Å². The van der Waals surface area contributed by atoms with Crippen molar-refractivity contribution in [2.45, 2.75) is 26.4 Å². The predicted molar refractivity (Wildman–Crippen MR) is 136 cm³/mol. The Morgan fingerprint density at radius 1 is 0.972 bits per heavy atom. The number of ether oxygens (including phenoxy) is 2. The third kappa shape index (κ3) is 5.06. The Morgan fingerprint density at radius 3 is 2.42 bits per heavy atom. The zero-order valence-electron chi connectivity index (χ0n) is 20.6. The highest BCUT2D eigenvalue weighted by molar-refractivity contribution is 5.92. The van der Waals surface area contributed by atoms with Crippen LogP contribution in [0.25, 0.3) is 5.69 Å².